The number of carbonyl (C=O) groups excluding carboxylic acids is 1. The molecule has 178 valence electrons. The zero-order valence-electron chi connectivity index (χ0n) is 16.8. The normalized spacial score (nSPS) is 32.7. The number of nitrogens with zero attached hydrogens (tertiary/aromatic N) is 2. The molecule has 3 fully saturated rings. The van der Waals surface area contributed by atoms with Crippen LogP contribution in [0.5, 0.6) is 0 Å². The summed E-state index contributed by atoms with van der Waals surface area (Å²) in [6.45, 7) is 0. The summed E-state index contributed by atoms with van der Waals surface area (Å²) in [5.74, 6) is -2.15. The molecule has 5 atom stereocenters. The van der Waals surface area contributed by atoms with Crippen LogP contribution in [-0.4, -0.2) is 39.1 Å². The first-order chi connectivity index (χ1) is 15.2. The fourth-order valence-electron chi connectivity index (χ4n) is 5.59. The topological polar surface area (TPSA) is 76.4 Å². The molecule has 1 aliphatic carbocycles. The van der Waals surface area contributed by atoms with Crippen LogP contribution in [0.3, 0.4) is 0 Å². The summed E-state index contributed by atoms with van der Waals surface area (Å²) >= 11 is 0. The van der Waals surface area contributed by atoms with E-state index in [-0.39, 0.29) is 24.5 Å². The van der Waals surface area contributed by atoms with Crippen LogP contribution in [0.15, 0.2) is 24.4 Å². The van der Waals surface area contributed by atoms with Gasteiger partial charge in [-0.15, -0.1) is 0 Å². The van der Waals surface area contributed by atoms with Gasteiger partial charge < -0.3 is 15.2 Å². The van der Waals surface area contributed by atoms with Gasteiger partial charge in [0.05, 0.1) is 29.3 Å². The molecule has 2 N–H and O–H groups in total. The first-order valence-corrected chi connectivity index (χ1v) is 9.84. The fraction of sp³-hybridized carbons (Fsp3) is 0.500. The molecule has 2 bridgehead atoms. The minimum atomic E-state index is -4.87. The molecule has 1 aromatic carbocycles. The Balaban J connectivity index is 1.56. The van der Waals surface area contributed by atoms with E-state index in [0.717, 1.165) is 10.9 Å². The highest BCUT2D eigenvalue weighted by molar-refractivity contribution is 6.01. The molecule has 3 aliphatic rings. The molecular formula is C20H16F7N3O3. The van der Waals surface area contributed by atoms with E-state index in [2.05, 4.69) is 10.4 Å². The number of aryl methyl sites for hydroxylation is 1. The number of carbonyl (C=O) groups is 1. The molecule has 3 heterocycles. The number of anilines is 1. The lowest BCUT2D eigenvalue weighted by Gasteiger charge is -2.29. The van der Waals surface area contributed by atoms with Gasteiger partial charge in [-0.05, 0) is 24.6 Å². The summed E-state index contributed by atoms with van der Waals surface area (Å²) < 4.78 is 101. The van der Waals surface area contributed by atoms with Crippen molar-refractivity contribution in [3.8, 4) is 0 Å². The van der Waals surface area contributed by atoms with Crippen molar-refractivity contribution >= 4 is 11.6 Å². The van der Waals surface area contributed by atoms with Crippen molar-refractivity contribution in [3.05, 3.63) is 47.0 Å². The zero-order valence-corrected chi connectivity index (χ0v) is 16.8. The van der Waals surface area contributed by atoms with Crippen LogP contribution >= 0.6 is 0 Å². The molecule has 33 heavy (non-hydrogen) atoms. The van der Waals surface area contributed by atoms with Gasteiger partial charge in [-0.3, -0.25) is 9.48 Å². The van der Waals surface area contributed by atoms with Gasteiger partial charge in [0.2, 0.25) is 5.91 Å². The Bertz CT molecular complexity index is 1160. The standard InChI is InChI=1S/C20H16F7N3O3/c1-30-6-11(14(29-30)20(25,26)27)17-7-18(17,13-5-12(31)15(17)33-13)16(32)28-10-3-8(19(22,23)24)2-9(21)4-10/h2-4,6,12-13,15,31H,5,7H2,1H3,(H,28,32)/t12-,13+,15-,17+,18+/m0/s1. The number of halogens is 7. The third-order valence-corrected chi connectivity index (χ3v) is 6.85. The van der Waals surface area contributed by atoms with Crippen LogP contribution in [0.4, 0.5) is 36.4 Å². The predicted octanol–water partition coefficient (Wildman–Crippen LogP) is 3.40. The van der Waals surface area contributed by atoms with Crippen molar-refractivity contribution in [2.75, 3.05) is 5.32 Å². The quantitative estimate of drug-likeness (QED) is 0.662. The Kier molecular flexibility index (Phi) is 4.34. The number of alkyl halides is 6. The average molecular weight is 479 g/mol. The van der Waals surface area contributed by atoms with Gasteiger partial charge in [-0.2, -0.15) is 31.4 Å². The average Bonchev–Trinajstić information content (AvgIpc) is 2.90. The second-order valence-corrected chi connectivity index (χ2v) is 8.71. The molecule has 0 radical (unpaired) electrons. The number of rotatable bonds is 3. The molecule has 5 rings (SSSR count). The molecular weight excluding hydrogens is 463 g/mol. The first kappa shape index (κ1) is 22.1. The number of amides is 1. The van der Waals surface area contributed by atoms with E-state index >= 15 is 0 Å². The summed E-state index contributed by atoms with van der Waals surface area (Å²) in [6, 6.07) is 1.48. The van der Waals surface area contributed by atoms with Gasteiger partial charge in [-0.25, -0.2) is 4.39 Å². The molecule has 2 saturated heterocycles. The molecule has 0 unspecified atom stereocenters. The van der Waals surface area contributed by atoms with Gasteiger partial charge >= 0.3 is 12.4 Å². The van der Waals surface area contributed by atoms with Gasteiger partial charge in [0.1, 0.15) is 5.82 Å². The number of benzene rings is 1. The number of nitrogens with one attached hydrogen (secondary N) is 1. The van der Waals surface area contributed by atoms with Crippen LogP contribution < -0.4 is 5.32 Å². The highest BCUT2D eigenvalue weighted by Gasteiger charge is 2.88. The van der Waals surface area contributed by atoms with Crippen LogP contribution in [0.1, 0.15) is 29.7 Å². The molecule has 0 spiro atoms. The van der Waals surface area contributed by atoms with E-state index in [1.54, 1.807) is 0 Å². The van der Waals surface area contributed by atoms with Gasteiger partial charge in [0.15, 0.2) is 5.69 Å². The van der Waals surface area contributed by atoms with Crippen molar-refractivity contribution in [3.63, 3.8) is 0 Å². The van der Waals surface area contributed by atoms with E-state index in [0.29, 0.717) is 12.1 Å². The smallest absolute Gasteiger partial charge is 0.390 e. The van der Waals surface area contributed by atoms with E-state index in [4.69, 9.17) is 4.74 Å². The molecule has 6 nitrogen and oxygen atoms in total. The second kappa shape index (κ2) is 6.47. The van der Waals surface area contributed by atoms with Crippen molar-refractivity contribution in [2.45, 2.75) is 48.9 Å². The highest BCUT2D eigenvalue weighted by Crippen LogP contribution is 2.78. The summed E-state index contributed by atoms with van der Waals surface area (Å²) in [6.07, 6.45) is -12.0. The molecule has 1 saturated carbocycles. The maximum atomic E-state index is 13.8. The second-order valence-electron chi connectivity index (χ2n) is 8.71. The lowest BCUT2D eigenvalue weighted by molar-refractivity contribution is -0.143. The minimum absolute atomic E-state index is 0.0294. The Morgan fingerprint density at radius 2 is 1.91 bits per heavy atom. The Morgan fingerprint density at radius 1 is 1.21 bits per heavy atom. The predicted molar refractivity (Wildman–Crippen MR) is 96.3 cm³/mol. The van der Waals surface area contributed by atoms with E-state index in [1.165, 1.54) is 7.05 Å². The largest absolute Gasteiger partial charge is 0.435 e. The highest BCUT2D eigenvalue weighted by atomic mass is 19.4. The number of hydrogen-bond donors (Lipinski definition) is 2. The number of aliphatic hydroxyl groups is 1. The summed E-state index contributed by atoms with van der Waals surface area (Å²) in [5, 5.41) is 16.1. The zero-order chi connectivity index (χ0) is 24.1. The lowest BCUT2D eigenvalue weighted by Crippen LogP contribution is -2.45. The van der Waals surface area contributed by atoms with Crippen molar-refractivity contribution < 1.29 is 45.4 Å². The van der Waals surface area contributed by atoms with Crippen molar-refractivity contribution in [1.82, 2.24) is 9.78 Å². The van der Waals surface area contributed by atoms with Crippen LogP contribution in [0, 0.1) is 11.2 Å². The third-order valence-electron chi connectivity index (χ3n) is 6.85. The van der Waals surface area contributed by atoms with Crippen LogP contribution in [0.2, 0.25) is 0 Å². The van der Waals surface area contributed by atoms with Crippen molar-refractivity contribution in [1.29, 1.82) is 0 Å². The Labute approximate surface area is 181 Å². The van der Waals surface area contributed by atoms with Crippen LogP contribution in [-0.2, 0) is 34.3 Å². The minimum Gasteiger partial charge on any atom is -0.390 e. The van der Waals surface area contributed by atoms with E-state index in [9.17, 15) is 40.6 Å². The molecule has 1 aromatic heterocycles. The Hall–Kier alpha value is -2.67. The maximum absolute atomic E-state index is 13.8. The maximum Gasteiger partial charge on any atom is 0.435 e. The summed E-state index contributed by atoms with van der Waals surface area (Å²) in [7, 11) is 1.27. The van der Waals surface area contributed by atoms with E-state index < -0.39 is 70.2 Å². The van der Waals surface area contributed by atoms with Gasteiger partial charge in [0.25, 0.3) is 0 Å². The van der Waals surface area contributed by atoms with E-state index in [1.807, 2.05) is 0 Å². The number of ether oxygens (including phenoxy) is 1. The van der Waals surface area contributed by atoms with Gasteiger partial charge in [-0.1, -0.05) is 0 Å². The SMILES string of the molecule is Cn1cc([C@@]23C[C@]2(C(=O)Nc2cc(F)cc(C(F)(F)F)c2)[C@H]2C[C@H](O)[C@@H]3O2)c(C(F)(F)F)n1. The first-order valence-electron chi connectivity index (χ1n) is 9.84. The number of aliphatic hydroxyl groups excluding tert-OH is 1. The van der Waals surface area contributed by atoms with Crippen LogP contribution in [0.25, 0.3) is 0 Å². The molecule has 2 aromatic rings. The molecule has 13 heteroatoms. The monoisotopic (exact) mass is 479 g/mol. The third kappa shape index (κ3) is 2.94. The van der Waals surface area contributed by atoms with Crippen molar-refractivity contribution in [2.24, 2.45) is 12.5 Å². The number of aromatic nitrogens is 2. The molecule has 1 amide bonds. The number of hydrogen-bond acceptors (Lipinski definition) is 4. The van der Waals surface area contributed by atoms with Gasteiger partial charge in [0, 0.05) is 36.3 Å². The fourth-order valence-corrected chi connectivity index (χ4v) is 5.59. The number of fused-ring (bicyclic) bond motifs is 5. The Morgan fingerprint density at radius 3 is 2.55 bits per heavy atom. The summed E-state index contributed by atoms with van der Waals surface area (Å²) in [5.41, 5.74) is -6.53. The lowest BCUT2D eigenvalue weighted by atomic mass is 9.73. The molecule has 2 aliphatic heterocycles. The summed E-state index contributed by atoms with van der Waals surface area (Å²) in [4.78, 5) is 13.3.